The van der Waals surface area contributed by atoms with E-state index in [-0.39, 0.29) is 0 Å². The number of benzene rings is 6. The van der Waals surface area contributed by atoms with E-state index in [0.29, 0.717) is 0 Å². The van der Waals surface area contributed by atoms with Gasteiger partial charge in [0.05, 0.1) is 22.4 Å². The molecule has 0 amide bonds. The second-order valence-electron chi connectivity index (χ2n) is 10.7. The van der Waals surface area contributed by atoms with Gasteiger partial charge in [0.1, 0.15) is 0 Å². The summed E-state index contributed by atoms with van der Waals surface area (Å²) < 4.78 is 0. The molecule has 0 aliphatic rings. The fourth-order valence-electron chi connectivity index (χ4n) is 6.15. The first-order chi connectivity index (χ1) is 21.8. The van der Waals surface area contributed by atoms with E-state index >= 15 is 0 Å². The summed E-state index contributed by atoms with van der Waals surface area (Å²) in [6.07, 6.45) is 0. The van der Waals surface area contributed by atoms with E-state index in [0.717, 1.165) is 22.5 Å². The van der Waals surface area contributed by atoms with Crippen LogP contribution in [0.5, 0.6) is 0 Å². The molecule has 0 saturated heterocycles. The predicted octanol–water partition coefficient (Wildman–Crippen LogP) is 11.8. The first kappa shape index (κ1) is 26.5. The van der Waals surface area contributed by atoms with Gasteiger partial charge in [-0.05, 0) is 55.3 Å². The highest BCUT2D eigenvalue weighted by molar-refractivity contribution is 7.08. The van der Waals surface area contributed by atoms with E-state index < -0.39 is 0 Å². The Morgan fingerprint density at radius 2 is 0.659 bits per heavy atom. The second kappa shape index (κ2) is 11.5. The van der Waals surface area contributed by atoms with Crippen LogP contribution in [0, 0.1) is 0 Å². The molecule has 0 saturated carbocycles. The normalized spacial score (nSPS) is 11.2. The molecule has 0 radical (unpaired) electrons. The summed E-state index contributed by atoms with van der Waals surface area (Å²) in [6, 6.07) is 48.3. The zero-order valence-electron chi connectivity index (χ0n) is 23.7. The Bertz CT molecular complexity index is 2010. The molecule has 2 aromatic heterocycles. The van der Waals surface area contributed by atoms with Crippen molar-refractivity contribution in [2.45, 2.75) is 0 Å². The van der Waals surface area contributed by atoms with Crippen LogP contribution >= 0.6 is 22.7 Å². The number of rotatable bonds is 6. The fraction of sp³-hybridized carbons (Fsp3) is 0. The lowest BCUT2D eigenvalue weighted by Crippen LogP contribution is -1.97. The number of fused-ring (bicyclic) bond motifs is 1. The largest absolute Gasteiger partial charge is 0.245 e. The number of aromatic nitrogens is 2. The van der Waals surface area contributed by atoms with E-state index in [2.05, 4.69) is 154 Å². The summed E-state index contributed by atoms with van der Waals surface area (Å²) in [7, 11) is 0. The van der Waals surface area contributed by atoms with Crippen molar-refractivity contribution in [3.05, 3.63) is 155 Å². The SMILES string of the molecule is c1ccc(-c2c(-c3ccccc3)c(-c3ccc(-c4cscn4)cc3)c3ccccc3c2-c2ccc(-c3cscn3)cc2)cc1. The maximum absolute atomic E-state index is 4.54. The summed E-state index contributed by atoms with van der Waals surface area (Å²) in [4.78, 5) is 9.08. The molecule has 0 bridgehead atoms. The Morgan fingerprint density at radius 1 is 0.318 bits per heavy atom. The highest BCUT2D eigenvalue weighted by Gasteiger charge is 2.24. The van der Waals surface area contributed by atoms with Gasteiger partial charge in [0, 0.05) is 21.9 Å². The van der Waals surface area contributed by atoms with Crippen molar-refractivity contribution in [3.8, 4) is 67.0 Å². The molecule has 0 N–H and O–H groups in total. The van der Waals surface area contributed by atoms with Crippen LogP contribution in [0.2, 0.25) is 0 Å². The molecule has 0 spiro atoms. The molecule has 2 heterocycles. The van der Waals surface area contributed by atoms with Crippen LogP contribution in [0.25, 0.3) is 77.8 Å². The zero-order valence-corrected chi connectivity index (χ0v) is 25.4. The third-order valence-electron chi connectivity index (χ3n) is 8.14. The van der Waals surface area contributed by atoms with Crippen LogP contribution in [-0.2, 0) is 0 Å². The first-order valence-corrected chi connectivity index (χ1v) is 16.4. The molecule has 8 aromatic rings. The smallest absolute Gasteiger partial charge is 0.0811 e. The Morgan fingerprint density at radius 3 is 1.02 bits per heavy atom. The first-order valence-electron chi connectivity index (χ1n) is 14.5. The van der Waals surface area contributed by atoms with Gasteiger partial charge >= 0.3 is 0 Å². The van der Waals surface area contributed by atoms with Crippen molar-refractivity contribution in [3.63, 3.8) is 0 Å². The lowest BCUT2D eigenvalue weighted by molar-refractivity contribution is 1.41. The molecule has 0 aliphatic carbocycles. The highest BCUT2D eigenvalue weighted by atomic mass is 32.1. The van der Waals surface area contributed by atoms with Gasteiger partial charge in [0.2, 0.25) is 0 Å². The zero-order chi connectivity index (χ0) is 29.3. The molecule has 2 nitrogen and oxygen atoms in total. The molecular weight excluding hydrogens is 573 g/mol. The summed E-state index contributed by atoms with van der Waals surface area (Å²) in [5.41, 5.74) is 17.7. The summed E-state index contributed by atoms with van der Waals surface area (Å²) in [5.74, 6) is 0. The van der Waals surface area contributed by atoms with Gasteiger partial charge in [-0.25, -0.2) is 9.97 Å². The summed E-state index contributed by atoms with van der Waals surface area (Å²) in [5, 5.41) is 6.65. The third kappa shape index (κ3) is 4.75. The lowest BCUT2D eigenvalue weighted by Gasteiger charge is -2.24. The van der Waals surface area contributed by atoms with Gasteiger partial charge in [-0.2, -0.15) is 0 Å². The number of hydrogen-bond donors (Lipinski definition) is 0. The molecule has 4 heteroatoms. The fourth-order valence-corrected chi connectivity index (χ4v) is 7.27. The van der Waals surface area contributed by atoms with E-state index in [1.165, 1.54) is 55.3 Å². The van der Waals surface area contributed by atoms with Crippen molar-refractivity contribution in [2.75, 3.05) is 0 Å². The highest BCUT2D eigenvalue weighted by Crippen LogP contribution is 2.51. The molecular formula is C40H26N2S2. The topological polar surface area (TPSA) is 25.8 Å². The Labute approximate surface area is 264 Å². The monoisotopic (exact) mass is 598 g/mol. The number of hydrogen-bond acceptors (Lipinski definition) is 4. The van der Waals surface area contributed by atoms with E-state index in [1.807, 2.05) is 11.0 Å². The van der Waals surface area contributed by atoms with Gasteiger partial charge in [-0.3, -0.25) is 0 Å². The summed E-state index contributed by atoms with van der Waals surface area (Å²) in [6.45, 7) is 0. The van der Waals surface area contributed by atoms with Gasteiger partial charge in [-0.1, -0.05) is 133 Å². The molecule has 6 aromatic carbocycles. The molecule has 0 atom stereocenters. The maximum atomic E-state index is 4.54. The van der Waals surface area contributed by atoms with Gasteiger partial charge in [0.25, 0.3) is 0 Å². The van der Waals surface area contributed by atoms with Crippen LogP contribution in [0.4, 0.5) is 0 Å². The van der Waals surface area contributed by atoms with Crippen molar-refractivity contribution < 1.29 is 0 Å². The number of nitrogens with zero attached hydrogens (tertiary/aromatic N) is 2. The van der Waals surface area contributed by atoms with E-state index in [9.17, 15) is 0 Å². The van der Waals surface area contributed by atoms with Crippen molar-refractivity contribution in [1.82, 2.24) is 9.97 Å². The quantitative estimate of drug-likeness (QED) is 0.190. The average molecular weight is 599 g/mol. The second-order valence-corrected chi connectivity index (χ2v) is 12.1. The minimum atomic E-state index is 1.01. The minimum absolute atomic E-state index is 1.01. The average Bonchev–Trinajstić information content (AvgIpc) is 3.84. The molecule has 44 heavy (non-hydrogen) atoms. The summed E-state index contributed by atoms with van der Waals surface area (Å²) >= 11 is 3.24. The Kier molecular flexibility index (Phi) is 6.91. The van der Waals surface area contributed by atoms with Crippen LogP contribution in [-0.4, -0.2) is 9.97 Å². The maximum Gasteiger partial charge on any atom is 0.0811 e. The van der Waals surface area contributed by atoms with E-state index in [4.69, 9.17) is 0 Å². The van der Waals surface area contributed by atoms with Crippen LogP contribution in [0.3, 0.4) is 0 Å². The van der Waals surface area contributed by atoms with Crippen molar-refractivity contribution >= 4 is 33.4 Å². The van der Waals surface area contributed by atoms with Crippen molar-refractivity contribution in [1.29, 1.82) is 0 Å². The molecule has 0 fully saturated rings. The molecule has 208 valence electrons. The third-order valence-corrected chi connectivity index (χ3v) is 9.32. The lowest BCUT2D eigenvalue weighted by atomic mass is 9.79. The van der Waals surface area contributed by atoms with Gasteiger partial charge < -0.3 is 0 Å². The molecule has 8 rings (SSSR count). The van der Waals surface area contributed by atoms with Crippen LogP contribution in [0.1, 0.15) is 0 Å². The molecule has 0 aliphatic heterocycles. The number of thiazole rings is 2. The van der Waals surface area contributed by atoms with E-state index in [1.54, 1.807) is 22.7 Å². The standard InChI is InChI=1S/C40H26N2S2/c1-3-9-29(10-4-1)39-37(31-19-15-27(16-20-31)35-23-43-25-41-35)33-13-7-8-14-34(33)38(40(39)30-11-5-2-6-12-30)32-21-17-28(18-22-32)36-24-44-26-42-36/h1-26H. The van der Waals surface area contributed by atoms with Gasteiger partial charge in [-0.15, -0.1) is 22.7 Å². The Hall–Kier alpha value is -5.16. The Balaban J connectivity index is 1.47. The van der Waals surface area contributed by atoms with Gasteiger partial charge in [0.15, 0.2) is 0 Å². The van der Waals surface area contributed by atoms with Crippen LogP contribution in [0.15, 0.2) is 155 Å². The molecule has 0 unspecified atom stereocenters. The minimum Gasteiger partial charge on any atom is -0.245 e. The van der Waals surface area contributed by atoms with Crippen LogP contribution < -0.4 is 0 Å². The predicted molar refractivity (Wildman–Crippen MR) is 188 cm³/mol. The van der Waals surface area contributed by atoms with Crippen molar-refractivity contribution in [2.24, 2.45) is 0 Å².